The molecule has 1 aromatic rings. The van der Waals surface area contributed by atoms with Crippen LogP contribution < -0.4 is 4.90 Å². The molecule has 9 heteroatoms. The highest BCUT2D eigenvalue weighted by Gasteiger charge is 2.36. The lowest BCUT2D eigenvalue weighted by Crippen LogP contribution is -2.21. The second kappa shape index (κ2) is 9.89. The van der Waals surface area contributed by atoms with E-state index in [1.165, 1.54) is 30.5 Å². The topological polar surface area (TPSA) is 63.5 Å². The van der Waals surface area contributed by atoms with E-state index in [0.717, 1.165) is 13.1 Å². The smallest absolute Gasteiger partial charge is 0.485 e. The van der Waals surface area contributed by atoms with Crippen LogP contribution in [0.5, 0.6) is 0 Å². The molecule has 0 amide bonds. The number of benzene rings is 1. The van der Waals surface area contributed by atoms with Crippen molar-refractivity contribution < 1.29 is 30.7 Å². The van der Waals surface area contributed by atoms with Crippen LogP contribution in [0.15, 0.2) is 42.1 Å². The zero-order valence-electron chi connectivity index (χ0n) is 15.7. The summed E-state index contributed by atoms with van der Waals surface area (Å²) in [6.07, 6.45) is 6.05. The summed E-state index contributed by atoms with van der Waals surface area (Å²) in [4.78, 5) is 2.24. The molecule has 0 N–H and O–H groups in total. The van der Waals surface area contributed by atoms with Gasteiger partial charge < -0.3 is 9.45 Å². The van der Waals surface area contributed by atoms with E-state index >= 15 is 0 Å². The number of anilines is 1. The van der Waals surface area contributed by atoms with Crippen LogP contribution in [0.4, 0.5) is 18.9 Å². The Kier molecular flexibility index (Phi) is 8.49. The summed E-state index contributed by atoms with van der Waals surface area (Å²) < 4.78 is 61.4. The normalized spacial score (nSPS) is 16.1. The maximum Gasteiger partial charge on any atom is 0.485 e. The molecule has 0 unspecified atom stereocenters. The highest BCUT2D eigenvalue weighted by atomic mass is 32.2. The average Bonchev–Trinajstić information content (AvgIpc) is 3.04. The Hall–Kier alpha value is -1.87. The van der Waals surface area contributed by atoms with E-state index in [1.807, 2.05) is 0 Å². The second-order valence-corrected chi connectivity index (χ2v) is 7.34. The average molecular weight is 406 g/mol. The van der Waals surface area contributed by atoms with Crippen molar-refractivity contribution >= 4 is 21.5 Å². The SMILES string of the molecule is CC[N+](CC)=C1CCC/C1=C\N(C)c1ccccc1.O=S(=O)([O-])C(F)(F)F. The van der Waals surface area contributed by atoms with Gasteiger partial charge in [-0.05, 0) is 38.8 Å². The van der Waals surface area contributed by atoms with Crippen molar-refractivity contribution in [3.05, 3.63) is 42.1 Å². The van der Waals surface area contributed by atoms with Crippen molar-refractivity contribution in [2.75, 3.05) is 25.0 Å². The second-order valence-electron chi connectivity index (χ2n) is 5.97. The fraction of sp³-hybridized carbons (Fsp3) is 0.500. The standard InChI is InChI=1S/C17H25N2.CHF3O3S/c1-4-19(5-2)17-13-9-10-15(17)14-18(3)16-11-7-6-8-12-16;2-1(3,4)8(5,6)7/h6-8,11-12,14H,4-5,9-10,13H2,1-3H3;(H,5,6,7)/q+1;/p-1. The van der Waals surface area contributed by atoms with Gasteiger partial charge in [-0.25, -0.2) is 13.0 Å². The number of allylic oxidation sites excluding steroid dienone is 1. The molecular weight excluding hydrogens is 381 g/mol. The minimum atomic E-state index is -6.09. The van der Waals surface area contributed by atoms with Crippen LogP contribution in [0.1, 0.15) is 33.1 Å². The lowest BCUT2D eigenvalue weighted by molar-refractivity contribution is -0.521. The molecule has 0 aromatic heterocycles. The van der Waals surface area contributed by atoms with Gasteiger partial charge in [0.1, 0.15) is 13.1 Å². The molecule has 0 heterocycles. The highest BCUT2D eigenvalue weighted by Crippen LogP contribution is 2.24. The third kappa shape index (κ3) is 6.99. The first-order chi connectivity index (χ1) is 12.5. The van der Waals surface area contributed by atoms with Gasteiger partial charge in [0.2, 0.25) is 0 Å². The number of alkyl halides is 3. The van der Waals surface area contributed by atoms with E-state index in [-0.39, 0.29) is 0 Å². The first-order valence-corrected chi connectivity index (χ1v) is 10.0. The van der Waals surface area contributed by atoms with E-state index in [1.54, 1.807) is 5.71 Å². The Morgan fingerprint density at radius 2 is 1.67 bits per heavy atom. The molecule has 0 saturated heterocycles. The van der Waals surface area contributed by atoms with Crippen molar-refractivity contribution in [1.29, 1.82) is 0 Å². The summed E-state index contributed by atoms with van der Waals surface area (Å²) in [6, 6.07) is 10.6. The fourth-order valence-electron chi connectivity index (χ4n) is 2.83. The molecule has 5 nitrogen and oxygen atoms in total. The molecule has 0 bridgehead atoms. The van der Waals surface area contributed by atoms with Crippen molar-refractivity contribution in [2.24, 2.45) is 0 Å². The number of hydrogen-bond donors (Lipinski definition) is 0. The minimum Gasteiger partial charge on any atom is -0.741 e. The summed E-state index contributed by atoms with van der Waals surface area (Å²) in [5, 5.41) is 0. The minimum absolute atomic E-state index is 1.11. The Balaban J connectivity index is 0.000000387. The summed E-state index contributed by atoms with van der Waals surface area (Å²) in [7, 11) is -3.95. The summed E-state index contributed by atoms with van der Waals surface area (Å²) in [6.45, 7) is 6.71. The van der Waals surface area contributed by atoms with Gasteiger partial charge in [0, 0.05) is 30.9 Å². The molecule has 152 valence electrons. The lowest BCUT2D eigenvalue weighted by Gasteiger charge is -2.15. The van der Waals surface area contributed by atoms with Crippen LogP contribution in [0.2, 0.25) is 0 Å². The molecule has 0 spiro atoms. The molecule has 27 heavy (non-hydrogen) atoms. The zero-order chi connectivity index (χ0) is 20.7. The zero-order valence-corrected chi connectivity index (χ0v) is 16.5. The predicted molar refractivity (Wildman–Crippen MR) is 98.9 cm³/mol. The van der Waals surface area contributed by atoms with Crippen molar-refractivity contribution in [3.8, 4) is 0 Å². The molecule has 0 atom stereocenters. The van der Waals surface area contributed by atoms with Gasteiger partial charge in [-0.2, -0.15) is 13.2 Å². The molecule has 1 aromatic carbocycles. The number of rotatable bonds is 4. The van der Waals surface area contributed by atoms with E-state index in [0.29, 0.717) is 0 Å². The third-order valence-corrected chi connectivity index (χ3v) is 4.74. The highest BCUT2D eigenvalue weighted by molar-refractivity contribution is 7.86. The van der Waals surface area contributed by atoms with Gasteiger partial charge >= 0.3 is 5.51 Å². The van der Waals surface area contributed by atoms with Gasteiger partial charge in [-0.1, -0.05) is 18.2 Å². The van der Waals surface area contributed by atoms with Crippen molar-refractivity contribution in [3.63, 3.8) is 0 Å². The molecule has 1 aliphatic carbocycles. The first-order valence-electron chi connectivity index (χ1n) is 8.63. The van der Waals surface area contributed by atoms with E-state index in [9.17, 15) is 13.2 Å². The van der Waals surface area contributed by atoms with E-state index in [2.05, 4.69) is 66.9 Å². The number of hydrogen-bond acceptors (Lipinski definition) is 4. The molecular formula is C18H25F3N2O3S. The van der Waals surface area contributed by atoms with Crippen LogP contribution in [0, 0.1) is 0 Å². The maximum absolute atomic E-state index is 10.7. The van der Waals surface area contributed by atoms with Gasteiger partial charge in [-0.3, -0.25) is 0 Å². The molecule has 1 saturated carbocycles. The van der Waals surface area contributed by atoms with Gasteiger partial charge in [0.05, 0.1) is 0 Å². The van der Waals surface area contributed by atoms with Gasteiger partial charge in [0.15, 0.2) is 15.8 Å². The van der Waals surface area contributed by atoms with E-state index < -0.39 is 15.6 Å². The molecule has 0 aliphatic heterocycles. The Morgan fingerprint density at radius 1 is 1.15 bits per heavy atom. The Labute approximate surface area is 158 Å². The fourth-order valence-corrected chi connectivity index (χ4v) is 2.83. The Morgan fingerprint density at radius 3 is 2.11 bits per heavy atom. The van der Waals surface area contributed by atoms with Crippen LogP contribution in [0.25, 0.3) is 0 Å². The summed E-state index contributed by atoms with van der Waals surface area (Å²) in [5.41, 5.74) is -1.34. The van der Waals surface area contributed by atoms with Crippen LogP contribution >= 0.6 is 0 Å². The largest absolute Gasteiger partial charge is 0.741 e. The maximum atomic E-state index is 10.7. The summed E-state index contributed by atoms with van der Waals surface area (Å²) in [5.74, 6) is 0. The number of halogens is 3. The molecule has 1 fully saturated rings. The van der Waals surface area contributed by atoms with Crippen LogP contribution in [-0.2, 0) is 10.1 Å². The third-order valence-electron chi connectivity index (χ3n) is 4.17. The molecule has 2 rings (SSSR count). The van der Waals surface area contributed by atoms with Gasteiger partial charge in [0.25, 0.3) is 0 Å². The number of para-hydroxylation sites is 1. The predicted octanol–water partition coefficient (Wildman–Crippen LogP) is 3.74. The van der Waals surface area contributed by atoms with Crippen molar-refractivity contribution in [1.82, 2.24) is 0 Å². The van der Waals surface area contributed by atoms with Crippen LogP contribution in [-0.4, -0.2) is 48.9 Å². The first kappa shape index (κ1) is 23.2. The van der Waals surface area contributed by atoms with E-state index in [4.69, 9.17) is 13.0 Å². The van der Waals surface area contributed by atoms with Crippen LogP contribution in [0.3, 0.4) is 0 Å². The van der Waals surface area contributed by atoms with Gasteiger partial charge in [-0.15, -0.1) is 0 Å². The Bertz CT molecular complexity index is 767. The summed E-state index contributed by atoms with van der Waals surface area (Å²) >= 11 is 0. The molecule has 1 aliphatic rings. The lowest BCUT2D eigenvalue weighted by atomic mass is 10.2. The number of nitrogens with zero attached hydrogens (tertiary/aromatic N) is 2. The monoisotopic (exact) mass is 406 g/mol. The molecule has 0 radical (unpaired) electrons. The van der Waals surface area contributed by atoms with Crippen molar-refractivity contribution in [2.45, 2.75) is 38.6 Å². The quantitative estimate of drug-likeness (QED) is 0.434.